The fraction of sp³-hybridized carbons (Fsp3) is 0.133. The first-order valence-electron chi connectivity index (χ1n) is 5.94. The van der Waals surface area contributed by atoms with Crippen molar-refractivity contribution in [1.82, 2.24) is 0 Å². The molecule has 2 rings (SSSR count). The molecule has 0 atom stereocenters. The molecule has 2 aromatic rings. The Balaban J connectivity index is 2.18. The number of hydrogen-bond acceptors (Lipinski definition) is 3. The summed E-state index contributed by atoms with van der Waals surface area (Å²) in [5, 5.41) is 0. The van der Waals surface area contributed by atoms with Crippen molar-refractivity contribution in [3.63, 3.8) is 0 Å². The molecule has 0 saturated heterocycles. The smallest absolute Gasteiger partial charge is 0.175 e. The molecule has 0 bridgehead atoms. The van der Waals surface area contributed by atoms with E-state index in [1.54, 1.807) is 12.1 Å². The van der Waals surface area contributed by atoms with Crippen molar-refractivity contribution in [3.8, 4) is 0 Å². The third-order valence-electron chi connectivity index (χ3n) is 2.86. The van der Waals surface area contributed by atoms with E-state index in [1.165, 1.54) is 12.1 Å². The van der Waals surface area contributed by atoms with Gasteiger partial charge in [-0.1, -0.05) is 40.2 Å². The fourth-order valence-electron chi connectivity index (χ4n) is 1.82. The lowest BCUT2D eigenvalue weighted by molar-refractivity contribution is 0.0993. The lowest BCUT2D eigenvalue weighted by atomic mass is 10.0. The van der Waals surface area contributed by atoms with Crippen LogP contribution in [0.15, 0.2) is 57.9 Å². The second-order valence-corrected chi connectivity index (χ2v) is 7.46. The zero-order chi connectivity index (χ0) is 14.8. The van der Waals surface area contributed by atoms with Gasteiger partial charge in [-0.15, -0.1) is 0 Å². The van der Waals surface area contributed by atoms with E-state index in [9.17, 15) is 13.2 Å². The van der Waals surface area contributed by atoms with E-state index in [-0.39, 0.29) is 17.1 Å². The van der Waals surface area contributed by atoms with Gasteiger partial charge in [-0.3, -0.25) is 4.79 Å². The highest BCUT2D eigenvalue weighted by molar-refractivity contribution is 9.10. The number of benzene rings is 2. The quantitative estimate of drug-likeness (QED) is 0.793. The van der Waals surface area contributed by atoms with Crippen LogP contribution in [0.5, 0.6) is 0 Å². The summed E-state index contributed by atoms with van der Waals surface area (Å²) in [6, 6.07) is 13.6. The van der Waals surface area contributed by atoms with Gasteiger partial charge in [0.15, 0.2) is 15.6 Å². The van der Waals surface area contributed by atoms with Crippen molar-refractivity contribution in [1.29, 1.82) is 0 Å². The van der Waals surface area contributed by atoms with Crippen molar-refractivity contribution in [3.05, 3.63) is 64.1 Å². The number of Topliss-reactive ketones (excluding diaryl/α,β-unsaturated/α-hetero) is 1. The highest BCUT2D eigenvalue weighted by Crippen LogP contribution is 2.15. The van der Waals surface area contributed by atoms with E-state index >= 15 is 0 Å². The van der Waals surface area contributed by atoms with E-state index in [1.807, 2.05) is 24.3 Å². The van der Waals surface area contributed by atoms with Crippen molar-refractivity contribution in [2.45, 2.75) is 11.3 Å². The second kappa shape index (κ2) is 5.89. The molecule has 20 heavy (non-hydrogen) atoms. The normalized spacial score (nSPS) is 11.3. The first-order valence-corrected chi connectivity index (χ1v) is 8.62. The number of sulfone groups is 1. The minimum atomic E-state index is -3.23. The first-order chi connectivity index (χ1) is 9.36. The Kier molecular flexibility index (Phi) is 4.40. The SMILES string of the molecule is CS(=O)(=O)c1ccc(C(=O)Cc2cccc(Br)c2)cc1. The van der Waals surface area contributed by atoms with Crippen molar-refractivity contribution in [2.24, 2.45) is 0 Å². The van der Waals surface area contributed by atoms with Gasteiger partial charge in [0, 0.05) is 22.7 Å². The number of carbonyl (C=O) groups excluding carboxylic acids is 1. The molecule has 3 nitrogen and oxygen atoms in total. The molecule has 0 spiro atoms. The zero-order valence-electron chi connectivity index (χ0n) is 10.8. The van der Waals surface area contributed by atoms with Crippen LogP contribution in [0.4, 0.5) is 0 Å². The maximum atomic E-state index is 12.1. The maximum Gasteiger partial charge on any atom is 0.175 e. The van der Waals surface area contributed by atoms with Gasteiger partial charge < -0.3 is 0 Å². The summed E-state index contributed by atoms with van der Waals surface area (Å²) in [4.78, 5) is 12.3. The molecule has 0 aliphatic carbocycles. The number of halogens is 1. The predicted octanol–water partition coefficient (Wildman–Crippen LogP) is 3.28. The molecule has 104 valence electrons. The van der Waals surface area contributed by atoms with E-state index in [2.05, 4.69) is 15.9 Å². The molecule has 0 fully saturated rings. The molecule has 0 N–H and O–H groups in total. The molecule has 0 radical (unpaired) electrons. The summed E-state index contributed by atoms with van der Waals surface area (Å²) in [5.41, 5.74) is 1.42. The summed E-state index contributed by atoms with van der Waals surface area (Å²) < 4.78 is 23.6. The standard InChI is InChI=1S/C15H13BrO3S/c1-20(18,19)14-7-5-12(6-8-14)15(17)10-11-3-2-4-13(16)9-11/h2-9H,10H2,1H3. The Morgan fingerprint density at radius 3 is 2.30 bits per heavy atom. The summed E-state index contributed by atoms with van der Waals surface area (Å²) in [6.45, 7) is 0. The van der Waals surface area contributed by atoms with Crippen LogP contribution in [0, 0.1) is 0 Å². The maximum absolute atomic E-state index is 12.1. The van der Waals surface area contributed by atoms with Crippen LogP contribution in [0.2, 0.25) is 0 Å². The van der Waals surface area contributed by atoms with Gasteiger partial charge in [0.1, 0.15) is 0 Å². The monoisotopic (exact) mass is 352 g/mol. The highest BCUT2D eigenvalue weighted by Gasteiger charge is 2.10. The molecule has 2 aromatic carbocycles. The van der Waals surface area contributed by atoms with Gasteiger partial charge in [0.25, 0.3) is 0 Å². The molecule has 0 saturated carbocycles. The summed E-state index contributed by atoms with van der Waals surface area (Å²) in [6.07, 6.45) is 1.43. The predicted molar refractivity (Wildman–Crippen MR) is 81.7 cm³/mol. The molecule has 0 heterocycles. The molecule has 0 unspecified atom stereocenters. The molecule has 0 aliphatic heterocycles. The summed E-state index contributed by atoms with van der Waals surface area (Å²) >= 11 is 3.36. The largest absolute Gasteiger partial charge is 0.294 e. The van der Waals surface area contributed by atoms with Crippen LogP contribution >= 0.6 is 15.9 Å². The van der Waals surface area contributed by atoms with E-state index in [4.69, 9.17) is 0 Å². The van der Waals surface area contributed by atoms with Crippen LogP contribution in [-0.2, 0) is 16.3 Å². The Morgan fingerprint density at radius 1 is 1.10 bits per heavy atom. The van der Waals surface area contributed by atoms with Crippen molar-refractivity contribution in [2.75, 3.05) is 6.26 Å². The average Bonchev–Trinajstić information content (AvgIpc) is 2.38. The molecular weight excluding hydrogens is 340 g/mol. The molecule has 5 heteroatoms. The Morgan fingerprint density at radius 2 is 1.75 bits per heavy atom. The third kappa shape index (κ3) is 3.77. The van der Waals surface area contributed by atoms with E-state index in [0.29, 0.717) is 5.56 Å². The van der Waals surface area contributed by atoms with Gasteiger partial charge in [-0.05, 0) is 29.8 Å². The van der Waals surface area contributed by atoms with Crippen LogP contribution in [-0.4, -0.2) is 20.5 Å². The lowest BCUT2D eigenvalue weighted by Crippen LogP contribution is -2.04. The third-order valence-corrected chi connectivity index (χ3v) is 4.48. The average molecular weight is 353 g/mol. The Labute approximate surface area is 126 Å². The number of carbonyl (C=O) groups is 1. The topological polar surface area (TPSA) is 51.2 Å². The molecular formula is C15H13BrO3S. The molecule has 0 aromatic heterocycles. The van der Waals surface area contributed by atoms with Crippen molar-refractivity contribution < 1.29 is 13.2 Å². The van der Waals surface area contributed by atoms with Gasteiger partial charge in [0.05, 0.1) is 4.90 Å². The van der Waals surface area contributed by atoms with Gasteiger partial charge in [0.2, 0.25) is 0 Å². The van der Waals surface area contributed by atoms with Crippen LogP contribution in [0.25, 0.3) is 0 Å². The summed E-state index contributed by atoms with van der Waals surface area (Å²) in [7, 11) is -3.23. The minimum Gasteiger partial charge on any atom is -0.294 e. The Bertz CT molecular complexity index is 734. The molecule has 0 aliphatic rings. The Hall–Kier alpha value is -1.46. The fourth-order valence-corrected chi connectivity index (χ4v) is 2.90. The zero-order valence-corrected chi connectivity index (χ0v) is 13.2. The van der Waals surface area contributed by atoms with Gasteiger partial charge >= 0.3 is 0 Å². The summed E-state index contributed by atoms with van der Waals surface area (Å²) in [5.74, 6) is -0.0387. The van der Waals surface area contributed by atoms with Gasteiger partial charge in [-0.25, -0.2) is 8.42 Å². The molecule has 0 amide bonds. The van der Waals surface area contributed by atoms with Crippen LogP contribution in [0.1, 0.15) is 15.9 Å². The van der Waals surface area contributed by atoms with Crippen molar-refractivity contribution >= 4 is 31.6 Å². The van der Waals surface area contributed by atoms with E-state index in [0.717, 1.165) is 16.3 Å². The second-order valence-electron chi connectivity index (χ2n) is 4.53. The number of rotatable bonds is 4. The minimum absolute atomic E-state index is 0.0387. The van der Waals surface area contributed by atoms with Crippen LogP contribution < -0.4 is 0 Å². The highest BCUT2D eigenvalue weighted by atomic mass is 79.9. The van der Waals surface area contributed by atoms with E-state index < -0.39 is 9.84 Å². The number of hydrogen-bond donors (Lipinski definition) is 0. The van der Waals surface area contributed by atoms with Gasteiger partial charge in [-0.2, -0.15) is 0 Å². The van der Waals surface area contributed by atoms with Crippen LogP contribution in [0.3, 0.4) is 0 Å². The number of ketones is 1. The lowest BCUT2D eigenvalue weighted by Gasteiger charge is -2.03. The first kappa shape index (κ1) is 14.9.